The van der Waals surface area contributed by atoms with Crippen LogP contribution >= 0.6 is 0 Å². The standard InChI is InChI=1S/C42H52F2N8O8/c1-23-15-35-41(58)60-22-31(39(56)51-13-6-8-34(51)40(57)50-12-5-4-7-33(50)37(54)45-24(2)38(55)52(35)21-23)47-36(53)30(18-25-16-27(43)20-28(44)17-25)48-42(59)46-29-9-10-32-26(19-29)11-14-49(32)3/h9-10,16-17,19-20,23-24,30-31,33-35H,4-8,11-15,18,21-22H2,1-3H3,(H,45,54)(H,47,53)(H2,46,48,59)/t23-,24-,30-,31-,33-,34-,35-/m0/s1. The number of nitrogens with zero attached hydrogens (tertiary/aromatic N) is 4. The molecule has 4 saturated heterocycles. The minimum Gasteiger partial charge on any atom is -0.461 e. The number of benzene rings is 2. The fourth-order valence-electron chi connectivity index (χ4n) is 9.13. The molecule has 4 fully saturated rings. The van der Waals surface area contributed by atoms with Gasteiger partial charge in [0, 0.05) is 57.1 Å². The molecule has 7 atom stereocenters. The Labute approximate surface area is 346 Å². The molecule has 18 heteroatoms. The van der Waals surface area contributed by atoms with Crippen molar-refractivity contribution in [1.29, 1.82) is 0 Å². The molecule has 0 unspecified atom stereocenters. The van der Waals surface area contributed by atoms with Crippen LogP contribution in [0, 0.1) is 17.6 Å². The number of carbonyl (C=O) groups excluding carboxylic acids is 7. The summed E-state index contributed by atoms with van der Waals surface area (Å²) in [5.74, 6) is -5.90. The Kier molecular flexibility index (Phi) is 12.6. The van der Waals surface area contributed by atoms with Gasteiger partial charge in [-0.1, -0.05) is 6.92 Å². The molecule has 5 heterocycles. The lowest BCUT2D eigenvalue weighted by Crippen LogP contribution is -2.62. The molecule has 7 rings (SSSR count). The second kappa shape index (κ2) is 17.8. The number of cyclic esters (lactones) is 1. The van der Waals surface area contributed by atoms with Gasteiger partial charge in [0.05, 0.1) is 0 Å². The highest BCUT2D eigenvalue weighted by Gasteiger charge is 2.46. The summed E-state index contributed by atoms with van der Waals surface area (Å²) < 4.78 is 34.4. The number of rotatable bonds is 6. The van der Waals surface area contributed by atoms with E-state index >= 15 is 0 Å². The van der Waals surface area contributed by atoms with Gasteiger partial charge >= 0.3 is 12.0 Å². The van der Waals surface area contributed by atoms with Gasteiger partial charge in [-0.3, -0.25) is 24.0 Å². The van der Waals surface area contributed by atoms with Crippen LogP contribution in [0.25, 0.3) is 0 Å². The summed E-state index contributed by atoms with van der Waals surface area (Å²) in [6.07, 6.45) is 2.98. The number of halogens is 2. The number of hydrogen-bond acceptors (Lipinski definition) is 9. The molecule has 0 spiro atoms. The van der Waals surface area contributed by atoms with Crippen LogP contribution < -0.4 is 26.2 Å². The number of nitrogens with one attached hydrogen (secondary N) is 4. The number of amides is 7. The minimum absolute atomic E-state index is 0.0314. The molecule has 60 heavy (non-hydrogen) atoms. The first-order chi connectivity index (χ1) is 28.7. The molecule has 0 aromatic heterocycles. The molecule has 7 amide bonds. The van der Waals surface area contributed by atoms with Crippen LogP contribution in [0.4, 0.5) is 25.0 Å². The first-order valence-corrected chi connectivity index (χ1v) is 20.7. The molecule has 2 aromatic carbocycles. The third-order valence-electron chi connectivity index (χ3n) is 12.2. The van der Waals surface area contributed by atoms with Gasteiger partial charge in [-0.25, -0.2) is 18.4 Å². The molecular weight excluding hydrogens is 783 g/mol. The van der Waals surface area contributed by atoms with Crippen molar-refractivity contribution in [3.8, 4) is 0 Å². The maximum absolute atomic E-state index is 14.6. The fourth-order valence-corrected chi connectivity index (χ4v) is 9.13. The molecule has 2 aromatic rings. The van der Waals surface area contributed by atoms with Crippen molar-refractivity contribution >= 4 is 52.9 Å². The van der Waals surface area contributed by atoms with Crippen molar-refractivity contribution in [3.05, 3.63) is 59.2 Å². The van der Waals surface area contributed by atoms with E-state index in [1.54, 1.807) is 6.07 Å². The van der Waals surface area contributed by atoms with Gasteiger partial charge < -0.3 is 45.6 Å². The van der Waals surface area contributed by atoms with Crippen LogP contribution in [0.1, 0.15) is 63.5 Å². The van der Waals surface area contributed by atoms with Crippen LogP contribution in [0.5, 0.6) is 0 Å². The molecular formula is C42H52F2N8O8. The Morgan fingerprint density at radius 1 is 0.850 bits per heavy atom. The van der Waals surface area contributed by atoms with Gasteiger partial charge in [-0.15, -0.1) is 0 Å². The molecule has 4 N–H and O–H groups in total. The Morgan fingerprint density at radius 2 is 1.57 bits per heavy atom. The topological polar surface area (TPSA) is 190 Å². The second-order valence-corrected chi connectivity index (χ2v) is 16.6. The van der Waals surface area contributed by atoms with E-state index in [2.05, 4.69) is 26.2 Å². The minimum atomic E-state index is -1.59. The van der Waals surface area contributed by atoms with E-state index in [1.165, 1.54) is 21.6 Å². The Bertz CT molecular complexity index is 2030. The lowest BCUT2D eigenvalue weighted by Gasteiger charge is -2.39. The van der Waals surface area contributed by atoms with E-state index in [-0.39, 0.29) is 44.0 Å². The van der Waals surface area contributed by atoms with Gasteiger partial charge in [-0.05, 0) is 99.2 Å². The number of anilines is 2. The van der Waals surface area contributed by atoms with Gasteiger partial charge in [0.25, 0.3) is 0 Å². The first-order valence-electron chi connectivity index (χ1n) is 20.7. The highest BCUT2D eigenvalue weighted by molar-refractivity contribution is 5.98. The van der Waals surface area contributed by atoms with E-state index in [4.69, 9.17) is 4.74 Å². The lowest BCUT2D eigenvalue weighted by atomic mass is 9.99. The smallest absolute Gasteiger partial charge is 0.328 e. The van der Waals surface area contributed by atoms with E-state index in [1.807, 2.05) is 26.1 Å². The quantitative estimate of drug-likeness (QED) is 0.315. The second-order valence-electron chi connectivity index (χ2n) is 16.6. The summed E-state index contributed by atoms with van der Waals surface area (Å²) in [6, 6.07) is 0.234. The maximum Gasteiger partial charge on any atom is 0.328 e. The predicted octanol–water partition coefficient (Wildman–Crippen LogP) is 1.85. The summed E-state index contributed by atoms with van der Waals surface area (Å²) in [5.41, 5.74) is 2.51. The number of carbonyl (C=O) groups is 7. The number of fused-ring (bicyclic) bond motifs is 4. The highest BCUT2D eigenvalue weighted by Crippen LogP contribution is 2.30. The van der Waals surface area contributed by atoms with Crippen molar-refractivity contribution in [2.75, 3.05) is 50.1 Å². The number of urea groups is 1. The van der Waals surface area contributed by atoms with Crippen molar-refractivity contribution in [1.82, 2.24) is 30.7 Å². The Hall–Kier alpha value is -5.81. The lowest BCUT2D eigenvalue weighted by molar-refractivity contribution is -0.158. The van der Waals surface area contributed by atoms with Crippen LogP contribution in [-0.4, -0.2) is 132 Å². The molecule has 0 aliphatic carbocycles. The molecule has 16 nitrogen and oxygen atoms in total. The van der Waals surface area contributed by atoms with Crippen molar-refractivity contribution in [3.63, 3.8) is 0 Å². The summed E-state index contributed by atoms with van der Waals surface area (Å²) >= 11 is 0. The Balaban J connectivity index is 1.18. The number of ether oxygens (including phenoxy) is 1. The molecule has 0 radical (unpaired) electrons. The summed E-state index contributed by atoms with van der Waals surface area (Å²) in [7, 11) is 1.96. The average molecular weight is 835 g/mol. The molecule has 5 aliphatic rings. The number of hydrogen-bond donors (Lipinski definition) is 4. The number of piperidine rings is 1. The van der Waals surface area contributed by atoms with Crippen LogP contribution in [-0.2, 0) is 46.3 Å². The SMILES string of the molecule is C[C@H]1C[C@H]2C(=O)OC[C@H](NC(=O)[C@H](Cc3cc(F)cc(F)c3)NC(=O)Nc3ccc4c(c3)CCN4C)C(=O)N3CCC[C@H]3C(=O)N3CCCC[C@H]3C(=O)N[C@@H](C)C(=O)N2C1. The third kappa shape index (κ3) is 9.16. The van der Waals surface area contributed by atoms with Crippen molar-refractivity contribution in [2.24, 2.45) is 5.92 Å². The Morgan fingerprint density at radius 3 is 2.33 bits per heavy atom. The zero-order chi connectivity index (χ0) is 42.8. The first kappa shape index (κ1) is 42.3. The maximum atomic E-state index is 14.6. The highest BCUT2D eigenvalue weighted by atomic mass is 19.1. The van der Waals surface area contributed by atoms with E-state index in [0.29, 0.717) is 37.4 Å². The van der Waals surface area contributed by atoms with Crippen LogP contribution in [0.15, 0.2) is 36.4 Å². The van der Waals surface area contributed by atoms with Gasteiger partial charge in [0.15, 0.2) is 0 Å². The largest absolute Gasteiger partial charge is 0.461 e. The predicted molar refractivity (Wildman–Crippen MR) is 213 cm³/mol. The number of esters is 1. The van der Waals surface area contributed by atoms with Crippen molar-refractivity contribution < 1.29 is 47.1 Å². The van der Waals surface area contributed by atoms with Gasteiger partial charge in [0.2, 0.25) is 29.5 Å². The van der Waals surface area contributed by atoms with Crippen LogP contribution in [0.2, 0.25) is 0 Å². The molecule has 322 valence electrons. The average Bonchev–Trinajstić information content (AvgIpc) is 3.96. The normalized spacial score (nSPS) is 26.7. The summed E-state index contributed by atoms with van der Waals surface area (Å²) in [5, 5.41) is 10.7. The van der Waals surface area contributed by atoms with Gasteiger partial charge in [-0.2, -0.15) is 0 Å². The van der Waals surface area contributed by atoms with Crippen molar-refractivity contribution in [2.45, 2.75) is 101 Å². The van der Waals surface area contributed by atoms with Crippen LogP contribution in [0.3, 0.4) is 0 Å². The van der Waals surface area contributed by atoms with E-state index < -0.39 is 102 Å². The number of likely N-dealkylation sites (N-methyl/N-ethyl adjacent to an activating group) is 1. The van der Waals surface area contributed by atoms with E-state index in [9.17, 15) is 42.3 Å². The summed E-state index contributed by atoms with van der Waals surface area (Å²) in [6.45, 7) is 4.11. The monoisotopic (exact) mass is 834 g/mol. The zero-order valence-electron chi connectivity index (χ0n) is 34.0. The molecule has 0 bridgehead atoms. The van der Waals surface area contributed by atoms with E-state index in [0.717, 1.165) is 36.3 Å². The fraction of sp³-hybridized carbons (Fsp3) is 0.548. The molecule has 0 saturated carbocycles. The van der Waals surface area contributed by atoms with Gasteiger partial charge in [0.1, 0.15) is 54.5 Å². The molecule has 5 aliphatic heterocycles. The zero-order valence-corrected chi connectivity index (χ0v) is 34.0. The summed E-state index contributed by atoms with van der Waals surface area (Å²) in [4.78, 5) is 104. The third-order valence-corrected chi connectivity index (χ3v) is 12.2.